The van der Waals surface area contributed by atoms with Crippen LogP contribution in [0.15, 0.2) is 46.9 Å². The van der Waals surface area contributed by atoms with Gasteiger partial charge in [-0.3, -0.25) is 0 Å². The molecule has 0 radical (unpaired) electrons. The summed E-state index contributed by atoms with van der Waals surface area (Å²) >= 11 is 16.0. The van der Waals surface area contributed by atoms with E-state index in [1.807, 2.05) is 24.3 Å². The Kier molecular flexibility index (Phi) is 4.71. The lowest BCUT2D eigenvalue weighted by Crippen LogP contribution is -1.98. The molecular formula is C15H13BrCl2. The van der Waals surface area contributed by atoms with Crippen molar-refractivity contribution in [2.45, 2.75) is 18.7 Å². The molecule has 0 saturated heterocycles. The lowest BCUT2D eigenvalue weighted by molar-refractivity contribution is 0.909. The highest BCUT2D eigenvalue weighted by molar-refractivity contribution is 9.10. The van der Waals surface area contributed by atoms with Crippen LogP contribution in [-0.2, 0) is 6.42 Å². The molecule has 18 heavy (non-hydrogen) atoms. The van der Waals surface area contributed by atoms with E-state index in [2.05, 4.69) is 41.1 Å². The number of aryl methyl sites for hydroxylation is 1. The van der Waals surface area contributed by atoms with E-state index in [9.17, 15) is 0 Å². The van der Waals surface area contributed by atoms with Crippen LogP contribution in [0, 0.1) is 6.92 Å². The zero-order valence-corrected chi connectivity index (χ0v) is 13.1. The topological polar surface area (TPSA) is 0 Å². The first-order chi connectivity index (χ1) is 8.56. The van der Waals surface area contributed by atoms with Crippen molar-refractivity contribution in [3.63, 3.8) is 0 Å². The Morgan fingerprint density at radius 3 is 2.67 bits per heavy atom. The number of halogens is 3. The standard InChI is InChI=1S/C15H13BrCl2/c1-10-5-6-12(16)9-14(10)15(18)8-11-3-2-4-13(17)7-11/h2-7,9,15H,8H2,1H3. The lowest BCUT2D eigenvalue weighted by atomic mass is 10.0. The minimum Gasteiger partial charge on any atom is -0.117 e. The van der Waals surface area contributed by atoms with Gasteiger partial charge in [-0.2, -0.15) is 0 Å². The number of rotatable bonds is 3. The molecule has 0 aliphatic carbocycles. The lowest BCUT2D eigenvalue weighted by Gasteiger charge is -2.13. The van der Waals surface area contributed by atoms with Crippen molar-refractivity contribution in [2.75, 3.05) is 0 Å². The maximum Gasteiger partial charge on any atom is 0.0628 e. The van der Waals surface area contributed by atoms with Gasteiger partial charge in [0.2, 0.25) is 0 Å². The molecular weight excluding hydrogens is 331 g/mol. The molecule has 2 aromatic carbocycles. The van der Waals surface area contributed by atoms with E-state index in [1.54, 1.807) is 0 Å². The molecule has 0 spiro atoms. The summed E-state index contributed by atoms with van der Waals surface area (Å²) in [7, 11) is 0. The first-order valence-electron chi connectivity index (χ1n) is 5.71. The Morgan fingerprint density at radius 2 is 1.94 bits per heavy atom. The van der Waals surface area contributed by atoms with E-state index < -0.39 is 0 Å². The highest BCUT2D eigenvalue weighted by Gasteiger charge is 2.12. The van der Waals surface area contributed by atoms with E-state index in [4.69, 9.17) is 23.2 Å². The summed E-state index contributed by atoms with van der Waals surface area (Å²) in [5.41, 5.74) is 3.52. The summed E-state index contributed by atoms with van der Waals surface area (Å²) in [5.74, 6) is 0. The van der Waals surface area contributed by atoms with Gasteiger partial charge < -0.3 is 0 Å². The Morgan fingerprint density at radius 1 is 1.17 bits per heavy atom. The molecule has 0 aromatic heterocycles. The van der Waals surface area contributed by atoms with Crippen molar-refractivity contribution in [3.8, 4) is 0 Å². The molecule has 0 bridgehead atoms. The van der Waals surface area contributed by atoms with E-state index in [-0.39, 0.29) is 5.38 Å². The fraction of sp³-hybridized carbons (Fsp3) is 0.200. The van der Waals surface area contributed by atoms with Gasteiger partial charge >= 0.3 is 0 Å². The highest BCUT2D eigenvalue weighted by atomic mass is 79.9. The molecule has 3 heteroatoms. The van der Waals surface area contributed by atoms with Gasteiger partial charge in [-0.05, 0) is 54.3 Å². The molecule has 2 aromatic rings. The molecule has 0 saturated carbocycles. The van der Waals surface area contributed by atoms with Gasteiger partial charge in [0.1, 0.15) is 0 Å². The summed E-state index contributed by atoms with van der Waals surface area (Å²) in [5, 5.41) is 0.711. The van der Waals surface area contributed by atoms with Crippen molar-refractivity contribution in [3.05, 3.63) is 68.7 Å². The second kappa shape index (κ2) is 6.10. The first-order valence-corrected chi connectivity index (χ1v) is 7.31. The average Bonchev–Trinajstić information content (AvgIpc) is 2.32. The maximum atomic E-state index is 6.51. The smallest absolute Gasteiger partial charge is 0.0628 e. The fourth-order valence-corrected chi connectivity index (χ4v) is 2.93. The number of alkyl halides is 1. The van der Waals surface area contributed by atoms with Gasteiger partial charge in [-0.25, -0.2) is 0 Å². The third-order valence-electron chi connectivity index (χ3n) is 2.88. The van der Waals surface area contributed by atoms with Crippen LogP contribution in [-0.4, -0.2) is 0 Å². The highest BCUT2D eigenvalue weighted by Crippen LogP contribution is 2.30. The van der Waals surface area contributed by atoms with Gasteiger partial charge in [-0.1, -0.05) is 45.7 Å². The van der Waals surface area contributed by atoms with Gasteiger partial charge in [0, 0.05) is 9.50 Å². The minimum atomic E-state index is -0.0408. The van der Waals surface area contributed by atoms with Crippen LogP contribution < -0.4 is 0 Å². The predicted octanol–water partition coefficient (Wildman–Crippen LogP) is 5.93. The Labute approximate surface area is 126 Å². The quantitative estimate of drug-likeness (QED) is 0.605. The number of benzene rings is 2. The second-order valence-corrected chi connectivity index (χ2v) is 6.18. The molecule has 0 fully saturated rings. The molecule has 0 aliphatic heterocycles. The van der Waals surface area contributed by atoms with Crippen molar-refractivity contribution in [1.29, 1.82) is 0 Å². The van der Waals surface area contributed by atoms with Crippen molar-refractivity contribution in [1.82, 2.24) is 0 Å². The summed E-state index contributed by atoms with van der Waals surface area (Å²) in [6.07, 6.45) is 0.777. The Hall–Kier alpha value is -0.500. The molecule has 2 rings (SSSR count). The van der Waals surface area contributed by atoms with Crippen LogP contribution in [0.3, 0.4) is 0 Å². The normalized spacial score (nSPS) is 12.4. The molecule has 1 unspecified atom stereocenters. The average molecular weight is 344 g/mol. The van der Waals surface area contributed by atoms with Gasteiger partial charge in [0.25, 0.3) is 0 Å². The molecule has 1 atom stereocenters. The zero-order chi connectivity index (χ0) is 13.1. The van der Waals surface area contributed by atoms with E-state index in [0.717, 1.165) is 27.0 Å². The molecule has 94 valence electrons. The summed E-state index contributed by atoms with van der Waals surface area (Å²) < 4.78 is 1.06. The monoisotopic (exact) mass is 342 g/mol. The van der Waals surface area contributed by atoms with Crippen molar-refractivity contribution < 1.29 is 0 Å². The predicted molar refractivity (Wildman–Crippen MR) is 82.6 cm³/mol. The minimum absolute atomic E-state index is 0.0408. The second-order valence-electron chi connectivity index (χ2n) is 4.30. The van der Waals surface area contributed by atoms with Crippen LogP contribution >= 0.6 is 39.1 Å². The van der Waals surface area contributed by atoms with Crippen LogP contribution in [0.4, 0.5) is 0 Å². The maximum absolute atomic E-state index is 6.51. The van der Waals surface area contributed by atoms with Gasteiger partial charge in [-0.15, -0.1) is 11.6 Å². The van der Waals surface area contributed by atoms with Crippen LogP contribution in [0.2, 0.25) is 5.02 Å². The molecule has 0 aliphatic rings. The van der Waals surface area contributed by atoms with E-state index >= 15 is 0 Å². The van der Waals surface area contributed by atoms with E-state index in [1.165, 1.54) is 5.56 Å². The van der Waals surface area contributed by atoms with Crippen LogP contribution in [0.5, 0.6) is 0 Å². The van der Waals surface area contributed by atoms with Crippen molar-refractivity contribution in [2.24, 2.45) is 0 Å². The van der Waals surface area contributed by atoms with Crippen molar-refractivity contribution >= 4 is 39.1 Å². The van der Waals surface area contributed by atoms with Gasteiger partial charge in [0.15, 0.2) is 0 Å². The third-order valence-corrected chi connectivity index (χ3v) is 4.00. The molecule has 0 amide bonds. The zero-order valence-electron chi connectivity index (χ0n) is 9.96. The molecule has 0 nitrogen and oxygen atoms in total. The van der Waals surface area contributed by atoms with Crippen LogP contribution in [0.1, 0.15) is 22.1 Å². The largest absolute Gasteiger partial charge is 0.117 e. The number of hydrogen-bond acceptors (Lipinski definition) is 0. The fourth-order valence-electron chi connectivity index (χ4n) is 1.93. The summed E-state index contributed by atoms with van der Waals surface area (Å²) in [6.45, 7) is 2.08. The summed E-state index contributed by atoms with van der Waals surface area (Å²) in [4.78, 5) is 0. The summed E-state index contributed by atoms with van der Waals surface area (Å²) in [6, 6.07) is 14.0. The van der Waals surface area contributed by atoms with Crippen LogP contribution in [0.25, 0.3) is 0 Å². The SMILES string of the molecule is Cc1ccc(Br)cc1C(Cl)Cc1cccc(Cl)c1. The van der Waals surface area contributed by atoms with Gasteiger partial charge in [0.05, 0.1) is 5.38 Å². The number of hydrogen-bond donors (Lipinski definition) is 0. The Bertz CT molecular complexity index is 552. The Balaban J connectivity index is 2.21. The third kappa shape index (κ3) is 3.50. The molecule has 0 heterocycles. The first kappa shape index (κ1) is 13.9. The van der Waals surface area contributed by atoms with E-state index in [0.29, 0.717) is 0 Å². The molecule has 0 N–H and O–H groups in total.